The summed E-state index contributed by atoms with van der Waals surface area (Å²) >= 11 is 0. The van der Waals surface area contributed by atoms with Gasteiger partial charge in [-0.05, 0) is 12.8 Å². The predicted molar refractivity (Wildman–Crippen MR) is 69.5 cm³/mol. The number of hydrogen-bond acceptors (Lipinski definition) is 3. The molecular weight excluding hydrogens is 246 g/mol. The fourth-order valence-corrected chi connectivity index (χ4v) is 2.49. The molecule has 0 atom stereocenters. The van der Waals surface area contributed by atoms with E-state index in [4.69, 9.17) is 5.73 Å². The number of nitrogens with one attached hydrogen (secondary N) is 1. The standard InChI is InChI=1S/C13H17N3O3/c14-12(18)8-16(9-3-1-2-4-9)13(19)10-7-15-6-5-11(10)17/h5-7,9H,1-4,8H2,(H2,14,18)(H,15,17). The van der Waals surface area contributed by atoms with Crippen LogP contribution in [0.15, 0.2) is 23.3 Å². The second-order valence-electron chi connectivity index (χ2n) is 4.76. The van der Waals surface area contributed by atoms with Crippen LogP contribution in [0.3, 0.4) is 0 Å². The Morgan fingerprint density at radius 3 is 2.63 bits per heavy atom. The lowest BCUT2D eigenvalue weighted by Gasteiger charge is -2.27. The van der Waals surface area contributed by atoms with Gasteiger partial charge in [0, 0.05) is 24.5 Å². The average Bonchev–Trinajstić information content (AvgIpc) is 2.89. The third kappa shape index (κ3) is 3.01. The van der Waals surface area contributed by atoms with E-state index in [9.17, 15) is 14.4 Å². The minimum absolute atomic E-state index is 0.000365. The maximum Gasteiger partial charge on any atom is 0.260 e. The highest BCUT2D eigenvalue weighted by atomic mass is 16.2. The number of carbonyl (C=O) groups excluding carboxylic acids is 2. The number of aromatic amines is 1. The minimum atomic E-state index is -0.562. The van der Waals surface area contributed by atoms with E-state index in [2.05, 4.69) is 4.98 Å². The number of pyridine rings is 1. The first-order valence-electron chi connectivity index (χ1n) is 6.36. The molecule has 1 aromatic heterocycles. The summed E-state index contributed by atoms with van der Waals surface area (Å²) in [5.41, 5.74) is 4.90. The number of primary amides is 1. The van der Waals surface area contributed by atoms with E-state index >= 15 is 0 Å². The second-order valence-corrected chi connectivity index (χ2v) is 4.76. The van der Waals surface area contributed by atoms with E-state index in [1.54, 1.807) is 0 Å². The average molecular weight is 263 g/mol. The van der Waals surface area contributed by atoms with Crippen LogP contribution in [-0.4, -0.2) is 34.3 Å². The first-order valence-corrected chi connectivity index (χ1v) is 6.36. The first-order chi connectivity index (χ1) is 9.09. The van der Waals surface area contributed by atoms with Crippen molar-refractivity contribution in [1.29, 1.82) is 0 Å². The lowest BCUT2D eigenvalue weighted by molar-refractivity contribution is -0.119. The molecule has 1 aliphatic rings. The Labute approximate surface area is 110 Å². The molecule has 1 fully saturated rings. The Morgan fingerprint density at radius 2 is 2.05 bits per heavy atom. The molecule has 1 heterocycles. The first kappa shape index (κ1) is 13.3. The molecule has 0 aliphatic heterocycles. The van der Waals surface area contributed by atoms with Gasteiger partial charge in [-0.1, -0.05) is 12.8 Å². The molecule has 6 heteroatoms. The number of aromatic nitrogens is 1. The number of H-pyrrole nitrogens is 1. The minimum Gasteiger partial charge on any atom is -0.368 e. The molecule has 0 bridgehead atoms. The van der Waals surface area contributed by atoms with Gasteiger partial charge in [-0.15, -0.1) is 0 Å². The van der Waals surface area contributed by atoms with Gasteiger partial charge in [0.1, 0.15) is 5.56 Å². The van der Waals surface area contributed by atoms with Gasteiger partial charge in [0.15, 0.2) is 5.43 Å². The molecule has 102 valence electrons. The molecule has 0 unspecified atom stereocenters. The van der Waals surface area contributed by atoms with Crippen LogP contribution in [0, 0.1) is 0 Å². The van der Waals surface area contributed by atoms with Crippen LogP contribution in [0.25, 0.3) is 0 Å². The molecule has 1 aliphatic carbocycles. The van der Waals surface area contributed by atoms with E-state index in [-0.39, 0.29) is 23.6 Å². The van der Waals surface area contributed by atoms with Crippen molar-refractivity contribution < 1.29 is 9.59 Å². The molecule has 0 spiro atoms. The van der Waals surface area contributed by atoms with E-state index in [1.165, 1.54) is 23.4 Å². The zero-order chi connectivity index (χ0) is 13.8. The maximum absolute atomic E-state index is 12.4. The van der Waals surface area contributed by atoms with Crippen molar-refractivity contribution in [3.63, 3.8) is 0 Å². The summed E-state index contributed by atoms with van der Waals surface area (Å²) in [5.74, 6) is -0.986. The summed E-state index contributed by atoms with van der Waals surface area (Å²) in [7, 11) is 0. The predicted octanol–water partition coefficient (Wildman–Crippen LogP) is 0.245. The van der Waals surface area contributed by atoms with Crippen LogP contribution < -0.4 is 11.2 Å². The Bertz CT molecular complexity index is 532. The third-order valence-electron chi connectivity index (χ3n) is 3.41. The molecule has 6 nitrogen and oxygen atoms in total. The quantitative estimate of drug-likeness (QED) is 0.814. The fourth-order valence-electron chi connectivity index (χ4n) is 2.49. The summed E-state index contributed by atoms with van der Waals surface area (Å²) < 4.78 is 0. The number of nitrogens with two attached hydrogens (primary N) is 1. The highest BCUT2D eigenvalue weighted by Gasteiger charge is 2.29. The van der Waals surface area contributed by atoms with Crippen molar-refractivity contribution >= 4 is 11.8 Å². The number of rotatable bonds is 4. The van der Waals surface area contributed by atoms with Crippen LogP contribution in [0.1, 0.15) is 36.0 Å². The third-order valence-corrected chi connectivity index (χ3v) is 3.41. The largest absolute Gasteiger partial charge is 0.368 e. The van der Waals surface area contributed by atoms with Crippen molar-refractivity contribution in [3.05, 3.63) is 34.2 Å². The van der Waals surface area contributed by atoms with Crippen LogP contribution >= 0.6 is 0 Å². The summed E-state index contributed by atoms with van der Waals surface area (Å²) in [6.45, 7) is -0.141. The van der Waals surface area contributed by atoms with E-state index < -0.39 is 11.8 Å². The van der Waals surface area contributed by atoms with Crippen LogP contribution in [-0.2, 0) is 4.79 Å². The fraction of sp³-hybridized carbons (Fsp3) is 0.462. The second kappa shape index (κ2) is 5.69. The summed E-state index contributed by atoms with van der Waals surface area (Å²) in [6, 6.07) is 1.30. The molecule has 1 aromatic rings. The smallest absolute Gasteiger partial charge is 0.260 e. The van der Waals surface area contributed by atoms with Crippen molar-refractivity contribution in [2.75, 3.05) is 6.54 Å². The number of hydrogen-bond donors (Lipinski definition) is 2. The van der Waals surface area contributed by atoms with Crippen molar-refractivity contribution in [2.24, 2.45) is 5.73 Å². The van der Waals surface area contributed by atoms with Crippen LogP contribution in [0.4, 0.5) is 0 Å². The SMILES string of the molecule is NC(=O)CN(C(=O)c1c[nH]ccc1=O)C1CCCC1. The Morgan fingerprint density at radius 1 is 1.37 bits per heavy atom. The van der Waals surface area contributed by atoms with Gasteiger partial charge in [0.05, 0.1) is 6.54 Å². The highest BCUT2D eigenvalue weighted by molar-refractivity contribution is 5.96. The van der Waals surface area contributed by atoms with Crippen LogP contribution in [0.5, 0.6) is 0 Å². The Balaban J connectivity index is 2.27. The molecule has 0 aromatic carbocycles. The summed E-state index contributed by atoms with van der Waals surface area (Å²) in [6.07, 6.45) is 6.59. The molecule has 0 saturated heterocycles. The van der Waals surface area contributed by atoms with Gasteiger partial charge >= 0.3 is 0 Å². The van der Waals surface area contributed by atoms with Gasteiger partial charge in [-0.2, -0.15) is 0 Å². The summed E-state index contributed by atoms with van der Waals surface area (Å²) in [5, 5.41) is 0. The zero-order valence-electron chi connectivity index (χ0n) is 10.6. The van der Waals surface area contributed by atoms with Gasteiger partial charge in [0.2, 0.25) is 5.91 Å². The number of amides is 2. The molecule has 2 rings (SSSR count). The van der Waals surface area contributed by atoms with Gasteiger partial charge in [0.25, 0.3) is 5.91 Å². The lowest BCUT2D eigenvalue weighted by Crippen LogP contribution is -2.45. The van der Waals surface area contributed by atoms with Crippen molar-refractivity contribution in [3.8, 4) is 0 Å². The highest BCUT2D eigenvalue weighted by Crippen LogP contribution is 2.24. The van der Waals surface area contributed by atoms with Gasteiger partial charge in [-0.3, -0.25) is 14.4 Å². The number of nitrogens with zero attached hydrogens (tertiary/aromatic N) is 1. The molecular formula is C13H17N3O3. The lowest BCUT2D eigenvalue weighted by atomic mass is 10.1. The zero-order valence-corrected chi connectivity index (χ0v) is 10.6. The maximum atomic E-state index is 12.4. The Hall–Kier alpha value is -2.11. The normalized spacial score (nSPS) is 15.4. The molecule has 1 saturated carbocycles. The topological polar surface area (TPSA) is 96.3 Å². The molecule has 19 heavy (non-hydrogen) atoms. The van der Waals surface area contributed by atoms with Crippen molar-refractivity contribution in [1.82, 2.24) is 9.88 Å². The molecule has 3 N–H and O–H groups in total. The van der Waals surface area contributed by atoms with E-state index in [0.29, 0.717) is 0 Å². The summed E-state index contributed by atoms with van der Waals surface area (Å²) in [4.78, 5) is 39.3. The van der Waals surface area contributed by atoms with E-state index in [1.807, 2.05) is 0 Å². The van der Waals surface area contributed by atoms with Crippen molar-refractivity contribution in [2.45, 2.75) is 31.7 Å². The molecule has 2 amide bonds. The van der Waals surface area contributed by atoms with Crippen LogP contribution in [0.2, 0.25) is 0 Å². The van der Waals surface area contributed by atoms with Gasteiger partial charge in [-0.25, -0.2) is 0 Å². The monoisotopic (exact) mass is 263 g/mol. The molecule has 0 radical (unpaired) electrons. The number of carbonyl (C=O) groups is 2. The Kier molecular flexibility index (Phi) is 3.99. The van der Waals surface area contributed by atoms with E-state index in [0.717, 1.165) is 25.7 Å². The van der Waals surface area contributed by atoms with Gasteiger partial charge < -0.3 is 15.6 Å².